The molecule has 0 saturated carbocycles. The Balaban J connectivity index is 1.99. The van der Waals surface area contributed by atoms with Crippen LogP contribution in [0.25, 0.3) is 11.1 Å². The lowest BCUT2D eigenvalue weighted by molar-refractivity contribution is -0.123. The summed E-state index contributed by atoms with van der Waals surface area (Å²) >= 11 is 5.89. The van der Waals surface area contributed by atoms with Crippen molar-refractivity contribution in [3.05, 3.63) is 41.4 Å². The maximum Gasteiger partial charge on any atom is 0.236 e. The number of hydrogen-bond acceptors (Lipinski definition) is 3. The minimum absolute atomic E-state index is 0.107. The molecule has 4 nitrogen and oxygen atoms in total. The quantitative estimate of drug-likeness (QED) is 0.860. The number of benzene rings is 1. The average Bonchev–Trinajstić information content (AvgIpc) is 2.71. The van der Waals surface area contributed by atoms with Crippen molar-refractivity contribution in [2.45, 2.75) is 18.8 Å². The number of nitrogens with zero attached hydrogens (tertiary/aromatic N) is 1. The van der Waals surface area contributed by atoms with Crippen LogP contribution in [0.5, 0.6) is 0 Å². The van der Waals surface area contributed by atoms with Gasteiger partial charge in [0.05, 0.1) is 0 Å². The molecule has 0 spiro atoms. The number of carbonyl (C=O) groups excluding carboxylic acids is 1. The van der Waals surface area contributed by atoms with Crippen molar-refractivity contribution < 1.29 is 9.21 Å². The largest absolute Gasteiger partial charge is 0.440 e. The molecule has 3 rings (SSSR count). The summed E-state index contributed by atoms with van der Waals surface area (Å²) in [5.74, 6) is -0.0113. The van der Waals surface area contributed by atoms with Crippen molar-refractivity contribution >= 4 is 28.6 Å². The molecule has 1 aromatic carbocycles. The summed E-state index contributed by atoms with van der Waals surface area (Å²) in [6, 6.07) is 5.22. The van der Waals surface area contributed by atoms with Gasteiger partial charge >= 0.3 is 0 Å². The number of amides is 1. The molecule has 0 bridgehead atoms. The van der Waals surface area contributed by atoms with Gasteiger partial charge in [0.1, 0.15) is 11.4 Å². The van der Waals surface area contributed by atoms with E-state index in [1.54, 1.807) is 18.2 Å². The molecule has 92 valence electrons. The number of halogens is 1. The summed E-state index contributed by atoms with van der Waals surface area (Å²) in [6.07, 6.45) is 1.42. The molecule has 1 aliphatic heterocycles. The number of hydrogen-bond donors (Lipinski definition) is 1. The third-order valence-corrected chi connectivity index (χ3v) is 3.25. The van der Waals surface area contributed by atoms with Crippen LogP contribution in [0.1, 0.15) is 24.7 Å². The number of nitrogens with one attached hydrogen (secondary N) is 1. The molecule has 1 aromatic heterocycles. The van der Waals surface area contributed by atoms with E-state index in [0.29, 0.717) is 28.4 Å². The zero-order chi connectivity index (χ0) is 12.7. The Kier molecular flexibility index (Phi) is 2.59. The first-order chi connectivity index (χ1) is 8.63. The van der Waals surface area contributed by atoms with Crippen molar-refractivity contribution in [1.29, 1.82) is 0 Å². The van der Waals surface area contributed by atoms with Crippen LogP contribution >= 0.6 is 11.6 Å². The minimum Gasteiger partial charge on any atom is -0.440 e. The predicted octanol–water partition coefficient (Wildman–Crippen LogP) is 2.99. The van der Waals surface area contributed by atoms with Gasteiger partial charge in [-0.15, -0.1) is 0 Å². The molecule has 0 unspecified atom stereocenters. The Hall–Kier alpha value is -1.81. The highest BCUT2D eigenvalue weighted by Gasteiger charge is 2.29. The fourth-order valence-electron chi connectivity index (χ4n) is 2.08. The number of rotatable bonds is 1. The number of oxazole rings is 1. The van der Waals surface area contributed by atoms with E-state index in [4.69, 9.17) is 16.0 Å². The summed E-state index contributed by atoms with van der Waals surface area (Å²) in [7, 11) is 0. The fraction of sp³-hybridized carbons (Fsp3) is 0.231. The van der Waals surface area contributed by atoms with Crippen LogP contribution < -0.4 is 5.32 Å². The molecular formula is C13H11ClN2O2. The molecule has 0 aliphatic carbocycles. The SMILES string of the molecule is C=C1CC[C@H](c2nc3cc(Cl)ccc3o2)C(=O)N1. The highest BCUT2D eigenvalue weighted by Crippen LogP contribution is 2.29. The van der Waals surface area contributed by atoms with Crippen molar-refractivity contribution in [2.75, 3.05) is 0 Å². The van der Waals surface area contributed by atoms with Gasteiger partial charge in [-0.2, -0.15) is 0 Å². The molecule has 1 fully saturated rings. The van der Waals surface area contributed by atoms with Crippen molar-refractivity contribution in [1.82, 2.24) is 10.3 Å². The molecule has 2 heterocycles. The lowest BCUT2D eigenvalue weighted by atomic mass is 9.97. The Morgan fingerprint density at radius 1 is 1.50 bits per heavy atom. The van der Waals surface area contributed by atoms with Gasteiger partial charge in [-0.25, -0.2) is 4.98 Å². The van der Waals surface area contributed by atoms with E-state index in [2.05, 4.69) is 16.9 Å². The number of carbonyl (C=O) groups is 1. The molecule has 5 heteroatoms. The molecule has 1 aliphatic rings. The van der Waals surface area contributed by atoms with Crippen LogP contribution in [0.3, 0.4) is 0 Å². The molecule has 1 amide bonds. The fourth-order valence-corrected chi connectivity index (χ4v) is 2.24. The summed E-state index contributed by atoms with van der Waals surface area (Å²) in [5, 5.41) is 3.32. The molecule has 1 atom stereocenters. The van der Waals surface area contributed by atoms with Crippen LogP contribution in [0.2, 0.25) is 5.02 Å². The van der Waals surface area contributed by atoms with Crippen molar-refractivity contribution in [2.24, 2.45) is 0 Å². The van der Waals surface area contributed by atoms with Gasteiger partial charge in [0.2, 0.25) is 11.8 Å². The molecule has 2 aromatic rings. The summed E-state index contributed by atoms with van der Waals surface area (Å²) < 4.78 is 5.61. The Morgan fingerprint density at radius 3 is 3.11 bits per heavy atom. The standard InChI is InChI=1S/C13H11ClN2O2/c1-7-2-4-9(12(17)15-7)13-16-10-6-8(14)3-5-11(10)18-13/h3,5-6,9H,1-2,4H2,(H,15,17)/t9-/m0/s1. The van der Waals surface area contributed by atoms with Gasteiger partial charge in [0.25, 0.3) is 0 Å². The number of piperidine rings is 1. The maximum absolute atomic E-state index is 11.9. The third-order valence-electron chi connectivity index (χ3n) is 3.02. The van der Waals surface area contributed by atoms with Gasteiger partial charge < -0.3 is 9.73 Å². The molecule has 0 radical (unpaired) electrons. The lowest BCUT2D eigenvalue weighted by Gasteiger charge is -2.20. The van der Waals surface area contributed by atoms with Crippen LogP contribution in [0.4, 0.5) is 0 Å². The lowest BCUT2D eigenvalue weighted by Crippen LogP contribution is -2.33. The van der Waals surface area contributed by atoms with E-state index in [0.717, 1.165) is 12.1 Å². The third kappa shape index (κ3) is 1.88. The topological polar surface area (TPSA) is 55.1 Å². The smallest absolute Gasteiger partial charge is 0.236 e. The van der Waals surface area contributed by atoms with Crippen LogP contribution in [0.15, 0.2) is 34.9 Å². The second-order valence-corrected chi connectivity index (χ2v) is 4.78. The number of aromatic nitrogens is 1. The Bertz CT molecular complexity index is 647. The van der Waals surface area contributed by atoms with Crippen LogP contribution in [0, 0.1) is 0 Å². The van der Waals surface area contributed by atoms with Gasteiger partial charge in [-0.3, -0.25) is 4.79 Å². The first-order valence-electron chi connectivity index (χ1n) is 5.68. The van der Waals surface area contributed by atoms with E-state index >= 15 is 0 Å². The molecule has 1 N–H and O–H groups in total. The van der Waals surface area contributed by atoms with E-state index in [1.165, 1.54) is 0 Å². The van der Waals surface area contributed by atoms with Crippen LogP contribution in [-0.4, -0.2) is 10.9 Å². The molecule has 1 saturated heterocycles. The first kappa shape index (κ1) is 11.3. The van der Waals surface area contributed by atoms with Crippen molar-refractivity contribution in [3.63, 3.8) is 0 Å². The molecule has 18 heavy (non-hydrogen) atoms. The maximum atomic E-state index is 11.9. The zero-order valence-corrected chi connectivity index (χ0v) is 10.3. The summed E-state index contributed by atoms with van der Waals surface area (Å²) in [6.45, 7) is 3.75. The Labute approximate surface area is 109 Å². The number of allylic oxidation sites excluding steroid dienone is 1. The Morgan fingerprint density at radius 2 is 2.33 bits per heavy atom. The van der Waals surface area contributed by atoms with Gasteiger partial charge in [-0.05, 0) is 31.0 Å². The summed E-state index contributed by atoms with van der Waals surface area (Å²) in [4.78, 5) is 16.2. The zero-order valence-electron chi connectivity index (χ0n) is 9.57. The monoisotopic (exact) mass is 262 g/mol. The van der Waals surface area contributed by atoms with E-state index in [9.17, 15) is 4.79 Å². The number of fused-ring (bicyclic) bond motifs is 1. The first-order valence-corrected chi connectivity index (χ1v) is 6.06. The molecular weight excluding hydrogens is 252 g/mol. The van der Waals surface area contributed by atoms with Crippen LogP contribution in [-0.2, 0) is 4.79 Å². The van der Waals surface area contributed by atoms with Gasteiger partial charge in [0, 0.05) is 10.7 Å². The van der Waals surface area contributed by atoms with E-state index in [1.807, 2.05) is 0 Å². The van der Waals surface area contributed by atoms with Gasteiger partial charge in [0.15, 0.2) is 5.58 Å². The van der Waals surface area contributed by atoms with E-state index in [-0.39, 0.29) is 11.8 Å². The second-order valence-electron chi connectivity index (χ2n) is 4.35. The van der Waals surface area contributed by atoms with E-state index < -0.39 is 0 Å². The highest BCUT2D eigenvalue weighted by atomic mass is 35.5. The second kappa shape index (κ2) is 4.14. The highest BCUT2D eigenvalue weighted by molar-refractivity contribution is 6.31. The normalized spacial score (nSPS) is 20.2. The summed E-state index contributed by atoms with van der Waals surface area (Å²) in [5.41, 5.74) is 2.07. The van der Waals surface area contributed by atoms with Gasteiger partial charge in [-0.1, -0.05) is 18.2 Å². The van der Waals surface area contributed by atoms with Crippen molar-refractivity contribution in [3.8, 4) is 0 Å². The minimum atomic E-state index is -0.346. The average molecular weight is 263 g/mol. The predicted molar refractivity (Wildman–Crippen MR) is 68.3 cm³/mol.